The van der Waals surface area contributed by atoms with Crippen molar-refractivity contribution in [3.63, 3.8) is 0 Å². The molecule has 2 aromatic rings. The SMILES string of the molecule is N#C/C=C/c1n[nH]c2ccc(Cl)cc12. The number of allylic oxidation sites excluding steroid dienone is 1. The molecule has 0 aliphatic carbocycles. The third kappa shape index (κ3) is 1.48. The highest BCUT2D eigenvalue weighted by atomic mass is 35.5. The third-order valence-corrected chi connectivity index (χ3v) is 2.11. The van der Waals surface area contributed by atoms with E-state index in [-0.39, 0.29) is 0 Å². The lowest BCUT2D eigenvalue weighted by atomic mass is 10.2. The van der Waals surface area contributed by atoms with Gasteiger partial charge < -0.3 is 0 Å². The summed E-state index contributed by atoms with van der Waals surface area (Å²) in [6.45, 7) is 0. The average molecular weight is 204 g/mol. The van der Waals surface area contributed by atoms with Crippen LogP contribution in [0.15, 0.2) is 24.3 Å². The van der Waals surface area contributed by atoms with E-state index in [0.29, 0.717) is 5.02 Å². The number of aromatic amines is 1. The number of fused-ring (bicyclic) bond motifs is 1. The predicted molar refractivity (Wildman–Crippen MR) is 55.8 cm³/mol. The molecule has 4 heteroatoms. The van der Waals surface area contributed by atoms with Crippen molar-refractivity contribution in [3.05, 3.63) is 35.0 Å². The van der Waals surface area contributed by atoms with E-state index >= 15 is 0 Å². The maximum atomic E-state index is 8.39. The quantitative estimate of drug-likeness (QED) is 0.725. The minimum absolute atomic E-state index is 0.658. The van der Waals surface area contributed by atoms with E-state index in [9.17, 15) is 0 Å². The molecule has 0 atom stereocenters. The Balaban J connectivity index is 2.62. The Kier molecular flexibility index (Phi) is 2.21. The summed E-state index contributed by atoms with van der Waals surface area (Å²) in [5.41, 5.74) is 1.64. The first-order chi connectivity index (χ1) is 6.81. The Morgan fingerprint density at radius 2 is 2.36 bits per heavy atom. The Labute approximate surface area is 85.6 Å². The molecule has 0 saturated carbocycles. The van der Waals surface area contributed by atoms with Gasteiger partial charge in [0, 0.05) is 16.5 Å². The van der Waals surface area contributed by atoms with Crippen LogP contribution in [0.5, 0.6) is 0 Å². The summed E-state index contributed by atoms with van der Waals surface area (Å²) in [5.74, 6) is 0. The monoisotopic (exact) mass is 203 g/mol. The number of H-pyrrole nitrogens is 1. The Hall–Kier alpha value is -1.79. The first kappa shape index (κ1) is 8.79. The van der Waals surface area contributed by atoms with Crippen molar-refractivity contribution in [2.75, 3.05) is 0 Å². The molecule has 0 fully saturated rings. The number of hydrogen-bond acceptors (Lipinski definition) is 2. The van der Waals surface area contributed by atoms with Crippen molar-refractivity contribution in [1.29, 1.82) is 5.26 Å². The van der Waals surface area contributed by atoms with E-state index in [2.05, 4.69) is 10.2 Å². The molecule has 0 aliphatic heterocycles. The molecule has 0 amide bonds. The van der Waals surface area contributed by atoms with Gasteiger partial charge >= 0.3 is 0 Å². The molecule has 0 aliphatic rings. The van der Waals surface area contributed by atoms with Crippen molar-refractivity contribution in [2.45, 2.75) is 0 Å². The van der Waals surface area contributed by atoms with Crippen molar-refractivity contribution in [1.82, 2.24) is 10.2 Å². The van der Waals surface area contributed by atoms with Gasteiger partial charge in [-0.15, -0.1) is 0 Å². The fourth-order valence-electron chi connectivity index (χ4n) is 1.25. The van der Waals surface area contributed by atoms with Crippen LogP contribution in [0.4, 0.5) is 0 Å². The van der Waals surface area contributed by atoms with E-state index in [1.54, 1.807) is 12.1 Å². The van der Waals surface area contributed by atoms with Crippen LogP contribution in [0, 0.1) is 11.3 Å². The van der Waals surface area contributed by atoms with E-state index in [4.69, 9.17) is 16.9 Å². The molecule has 0 saturated heterocycles. The smallest absolute Gasteiger partial charge is 0.0934 e. The van der Waals surface area contributed by atoms with Gasteiger partial charge in [-0.25, -0.2) is 0 Å². The second kappa shape index (κ2) is 3.52. The minimum atomic E-state index is 0.658. The van der Waals surface area contributed by atoms with E-state index < -0.39 is 0 Å². The molecular formula is C10H6ClN3. The number of nitrogens with zero attached hydrogens (tertiary/aromatic N) is 2. The first-order valence-corrected chi connectivity index (χ1v) is 4.39. The largest absolute Gasteiger partial charge is 0.277 e. The van der Waals surface area contributed by atoms with Gasteiger partial charge in [0.2, 0.25) is 0 Å². The maximum Gasteiger partial charge on any atom is 0.0934 e. The zero-order chi connectivity index (χ0) is 9.97. The predicted octanol–water partition coefficient (Wildman–Crippen LogP) is 2.75. The van der Waals surface area contributed by atoms with Gasteiger partial charge in [-0.3, -0.25) is 5.10 Å². The minimum Gasteiger partial charge on any atom is -0.277 e. The van der Waals surface area contributed by atoms with E-state index in [1.165, 1.54) is 6.08 Å². The lowest BCUT2D eigenvalue weighted by molar-refractivity contribution is 1.11. The summed E-state index contributed by atoms with van der Waals surface area (Å²) in [5, 5.41) is 16.9. The van der Waals surface area contributed by atoms with Crippen LogP contribution in [0.2, 0.25) is 5.02 Å². The van der Waals surface area contributed by atoms with Crippen LogP contribution in [-0.4, -0.2) is 10.2 Å². The maximum absolute atomic E-state index is 8.39. The molecule has 0 radical (unpaired) electrons. The number of hydrogen-bond donors (Lipinski definition) is 1. The number of aromatic nitrogens is 2. The molecule has 0 bridgehead atoms. The average Bonchev–Trinajstić information content (AvgIpc) is 2.57. The highest BCUT2D eigenvalue weighted by molar-refractivity contribution is 6.31. The molecule has 1 N–H and O–H groups in total. The zero-order valence-corrected chi connectivity index (χ0v) is 7.92. The highest BCUT2D eigenvalue weighted by Gasteiger charge is 2.02. The van der Waals surface area contributed by atoms with Crippen LogP contribution in [0.25, 0.3) is 17.0 Å². The van der Waals surface area contributed by atoms with Gasteiger partial charge in [0.15, 0.2) is 0 Å². The van der Waals surface area contributed by atoms with Crippen LogP contribution >= 0.6 is 11.6 Å². The Morgan fingerprint density at radius 1 is 1.50 bits per heavy atom. The van der Waals surface area contributed by atoms with Gasteiger partial charge in [0.25, 0.3) is 0 Å². The fraction of sp³-hybridized carbons (Fsp3) is 0. The summed E-state index contributed by atoms with van der Waals surface area (Å²) >= 11 is 5.85. The first-order valence-electron chi connectivity index (χ1n) is 4.01. The van der Waals surface area contributed by atoms with Crippen molar-refractivity contribution < 1.29 is 0 Å². The highest BCUT2D eigenvalue weighted by Crippen LogP contribution is 2.21. The summed E-state index contributed by atoms with van der Waals surface area (Å²) in [6, 6.07) is 7.38. The second-order valence-corrected chi connectivity index (χ2v) is 3.20. The van der Waals surface area contributed by atoms with Crippen LogP contribution in [-0.2, 0) is 0 Å². The summed E-state index contributed by atoms with van der Waals surface area (Å²) < 4.78 is 0. The van der Waals surface area contributed by atoms with Gasteiger partial charge in [0.05, 0.1) is 17.3 Å². The van der Waals surface area contributed by atoms with Gasteiger partial charge in [-0.05, 0) is 24.3 Å². The lowest BCUT2D eigenvalue weighted by Gasteiger charge is -1.90. The molecule has 1 aromatic carbocycles. The van der Waals surface area contributed by atoms with Gasteiger partial charge in [0.1, 0.15) is 0 Å². The molecule has 1 heterocycles. The summed E-state index contributed by atoms with van der Waals surface area (Å²) in [4.78, 5) is 0. The van der Waals surface area contributed by atoms with Crippen molar-refractivity contribution in [2.24, 2.45) is 0 Å². The normalized spacial score (nSPS) is 10.9. The number of rotatable bonds is 1. The molecule has 14 heavy (non-hydrogen) atoms. The molecule has 68 valence electrons. The number of halogens is 1. The standard InChI is InChI=1S/C10H6ClN3/c11-7-3-4-10-8(6-7)9(13-14-10)2-1-5-12/h1-4,6H,(H,13,14)/b2-1+. The van der Waals surface area contributed by atoms with Gasteiger partial charge in [-0.2, -0.15) is 10.4 Å². The lowest BCUT2D eigenvalue weighted by Crippen LogP contribution is -1.71. The van der Waals surface area contributed by atoms with Crippen LogP contribution in [0.1, 0.15) is 5.69 Å². The topological polar surface area (TPSA) is 52.5 Å². The van der Waals surface area contributed by atoms with Crippen molar-refractivity contribution in [3.8, 4) is 6.07 Å². The fourth-order valence-corrected chi connectivity index (χ4v) is 1.42. The van der Waals surface area contributed by atoms with Crippen molar-refractivity contribution >= 4 is 28.6 Å². The number of benzene rings is 1. The van der Waals surface area contributed by atoms with E-state index in [0.717, 1.165) is 16.6 Å². The van der Waals surface area contributed by atoms with Crippen LogP contribution in [0.3, 0.4) is 0 Å². The van der Waals surface area contributed by atoms with Crippen LogP contribution < -0.4 is 0 Å². The number of nitriles is 1. The molecule has 1 aromatic heterocycles. The third-order valence-electron chi connectivity index (χ3n) is 1.87. The number of nitrogens with one attached hydrogen (secondary N) is 1. The van der Waals surface area contributed by atoms with Gasteiger partial charge in [-0.1, -0.05) is 11.6 Å². The Morgan fingerprint density at radius 3 is 3.14 bits per heavy atom. The molecular weight excluding hydrogens is 198 g/mol. The summed E-state index contributed by atoms with van der Waals surface area (Å²) in [6.07, 6.45) is 3.03. The zero-order valence-electron chi connectivity index (χ0n) is 7.16. The molecule has 2 rings (SSSR count). The molecule has 0 unspecified atom stereocenters. The second-order valence-electron chi connectivity index (χ2n) is 2.76. The molecule has 0 spiro atoms. The summed E-state index contributed by atoms with van der Waals surface area (Å²) in [7, 11) is 0. The Bertz CT molecular complexity index is 534. The molecule has 3 nitrogen and oxygen atoms in total. The van der Waals surface area contributed by atoms with E-state index in [1.807, 2.05) is 18.2 Å².